The molecule has 0 saturated carbocycles. The van der Waals surface area contributed by atoms with Gasteiger partial charge in [-0.3, -0.25) is 4.79 Å². The quantitative estimate of drug-likeness (QED) is 0.821. The number of carbonyl (C=O) groups excluding carboxylic acids is 1. The molecular formula is C13H20N2O4. The Labute approximate surface area is 112 Å². The van der Waals surface area contributed by atoms with E-state index in [4.69, 9.17) is 9.52 Å². The number of hydrogen-bond acceptors (Lipinski definition) is 3. The zero-order valence-electron chi connectivity index (χ0n) is 11.3. The summed E-state index contributed by atoms with van der Waals surface area (Å²) in [6.07, 6.45) is 1.52. The first kappa shape index (κ1) is 15.1. The molecule has 0 fully saturated rings. The van der Waals surface area contributed by atoms with Gasteiger partial charge in [-0.05, 0) is 26.0 Å². The van der Waals surface area contributed by atoms with Crippen molar-refractivity contribution in [1.82, 2.24) is 9.80 Å². The number of aliphatic carboxylic acids is 1. The van der Waals surface area contributed by atoms with Gasteiger partial charge in [0, 0.05) is 19.6 Å². The molecule has 0 aliphatic rings. The minimum absolute atomic E-state index is 0.0438. The highest BCUT2D eigenvalue weighted by atomic mass is 16.4. The largest absolute Gasteiger partial charge is 0.481 e. The summed E-state index contributed by atoms with van der Waals surface area (Å²) in [6.45, 7) is 5.36. The fourth-order valence-corrected chi connectivity index (χ4v) is 1.72. The minimum atomic E-state index is -0.902. The first-order chi connectivity index (χ1) is 9.08. The van der Waals surface area contributed by atoms with Crippen molar-refractivity contribution < 1.29 is 19.1 Å². The second kappa shape index (κ2) is 7.45. The molecule has 6 nitrogen and oxygen atoms in total. The Morgan fingerprint density at radius 3 is 2.42 bits per heavy atom. The lowest BCUT2D eigenvalue weighted by molar-refractivity contribution is -0.137. The van der Waals surface area contributed by atoms with Gasteiger partial charge in [0.1, 0.15) is 5.76 Å². The fraction of sp³-hybridized carbons (Fsp3) is 0.538. The molecule has 0 aliphatic carbocycles. The van der Waals surface area contributed by atoms with Crippen LogP contribution in [0.2, 0.25) is 0 Å². The van der Waals surface area contributed by atoms with Crippen molar-refractivity contribution >= 4 is 12.0 Å². The van der Waals surface area contributed by atoms with E-state index in [1.807, 2.05) is 19.9 Å². The summed E-state index contributed by atoms with van der Waals surface area (Å²) in [6, 6.07) is 3.42. The van der Waals surface area contributed by atoms with Crippen molar-refractivity contribution in [1.29, 1.82) is 0 Å². The lowest BCUT2D eigenvalue weighted by Gasteiger charge is -2.28. The van der Waals surface area contributed by atoms with E-state index in [1.54, 1.807) is 17.2 Å². The van der Waals surface area contributed by atoms with Gasteiger partial charge in [0.15, 0.2) is 0 Å². The lowest BCUT2D eigenvalue weighted by atomic mass is 10.3. The number of rotatable bonds is 7. The smallest absolute Gasteiger partial charge is 0.320 e. The van der Waals surface area contributed by atoms with Crippen LogP contribution in [-0.4, -0.2) is 46.5 Å². The molecule has 2 amide bonds. The number of carbonyl (C=O) groups is 2. The topological polar surface area (TPSA) is 74.0 Å². The molecule has 0 aliphatic heterocycles. The molecule has 0 radical (unpaired) electrons. The van der Waals surface area contributed by atoms with Crippen LogP contribution in [0, 0.1) is 0 Å². The van der Waals surface area contributed by atoms with E-state index in [9.17, 15) is 9.59 Å². The summed E-state index contributed by atoms with van der Waals surface area (Å²) in [5.74, 6) is -0.190. The second-order valence-electron chi connectivity index (χ2n) is 4.10. The Balaban J connectivity index is 2.61. The van der Waals surface area contributed by atoms with Crippen LogP contribution in [0.25, 0.3) is 0 Å². The third kappa shape index (κ3) is 4.65. The number of carboxylic acid groups (broad SMARTS) is 1. The van der Waals surface area contributed by atoms with E-state index in [0.717, 1.165) is 0 Å². The Morgan fingerprint density at radius 2 is 1.95 bits per heavy atom. The standard InChI is InChI=1S/C13H20N2O4/c1-3-14(8-7-12(16)17)13(18)15(4-2)10-11-6-5-9-19-11/h5-6,9H,3-4,7-8,10H2,1-2H3,(H,16,17). The molecule has 1 heterocycles. The van der Waals surface area contributed by atoms with Crippen LogP contribution >= 0.6 is 0 Å². The van der Waals surface area contributed by atoms with Crippen LogP contribution in [0.1, 0.15) is 26.0 Å². The molecule has 0 unspecified atom stereocenters. The van der Waals surface area contributed by atoms with Crippen molar-refractivity contribution in [3.8, 4) is 0 Å². The third-order valence-corrected chi connectivity index (χ3v) is 2.83. The molecular weight excluding hydrogens is 248 g/mol. The maximum atomic E-state index is 12.3. The number of amides is 2. The van der Waals surface area contributed by atoms with Gasteiger partial charge in [0.25, 0.3) is 0 Å². The maximum absolute atomic E-state index is 12.3. The molecule has 106 valence electrons. The highest BCUT2D eigenvalue weighted by Gasteiger charge is 2.20. The molecule has 6 heteroatoms. The van der Waals surface area contributed by atoms with E-state index >= 15 is 0 Å². The first-order valence-electron chi connectivity index (χ1n) is 6.36. The molecule has 0 atom stereocenters. The maximum Gasteiger partial charge on any atom is 0.320 e. The number of carboxylic acids is 1. The summed E-state index contributed by atoms with van der Waals surface area (Å²) >= 11 is 0. The molecule has 1 aromatic rings. The molecule has 1 N–H and O–H groups in total. The van der Waals surface area contributed by atoms with E-state index < -0.39 is 5.97 Å². The van der Waals surface area contributed by atoms with Gasteiger partial charge in [0.2, 0.25) is 0 Å². The molecule has 0 saturated heterocycles. The number of nitrogens with zero attached hydrogens (tertiary/aromatic N) is 2. The Bertz CT molecular complexity index is 403. The van der Waals surface area contributed by atoms with Crippen molar-refractivity contribution in [2.45, 2.75) is 26.8 Å². The van der Waals surface area contributed by atoms with Gasteiger partial charge in [-0.2, -0.15) is 0 Å². The van der Waals surface area contributed by atoms with E-state index in [-0.39, 0.29) is 19.0 Å². The third-order valence-electron chi connectivity index (χ3n) is 2.83. The minimum Gasteiger partial charge on any atom is -0.481 e. The van der Waals surface area contributed by atoms with Gasteiger partial charge in [-0.15, -0.1) is 0 Å². The zero-order chi connectivity index (χ0) is 14.3. The lowest BCUT2D eigenvalue weighted by Crippen LogP contribution is -2.43. The molecule has 1 aromatic heterocycles. The normalized spacial score (nSPS) is 10.2. The molecule has 0 spiro atoms. The Kier molecular flexibility index (Phi) is 5.92. The van der Waals surface area contributed by atoms with E-state index in [1.165, 1.54) is 4.90 Å². The Hall–Kier alpha value is -1.98. The fourth-order valence-electron chi connectivity index (χ4n) is 1.72. The summed E-state index contributed by atoms with van der Waals surface area (Å²) in [5, 5.41) is 8.68. The van der Waals surface area contributed by atoms with Crippen molar-refractivity contribution in [3.63, 3.8) is 0 Å². The highest BCUT2D eigenvalue weighted by molar-refractivity contribution is 5.75. The van der Waals surface area contributed by atoms with E-state index in [0.29, 0.717) is 25.4 Å². The van der Waals surface area contributed by atoms with E-state index in [2.05, 4.69) is 0 Å². The van der Waals surface area contributed by atoms with Crippen molar-refractivity contribution in [2.24, 2.45) is 0 Å². The molecule has 0 aromatic carbocycles. The highest BCUT2D eigenvalue weighted by Crippen LogP contribution is 2.08. The summed E-state index contributed by atoms with van der Waals surface area (Å²) in [4.78, 5) is 26.0. The summed E-state index contributed by atoms with van der Waals surface area (Å²) < 4.78 is 5.22. The van der Waals surface area contributed by atoms with Crippen LogP contribution in [0.4, 0.5) is 4.79 Å². The average molecular weight is 268 g/mol. The summed E-state index contributed by atoms with van der Waals surface area (Å²) in [7, 11) is 0. The number of hydrogen-bond donors (Lipinski definition) is 1. The van der Waals surface area contributed by atoms with Gasteiger partial charge in [0.05, 0.1) is 19.2 Å². The van der Waals surface area contributed by atoms with Gasteiger partial charge < -0.3 is 19.3 Å². The zero-order valence-corrected chi connectivity index (χ0v) is 11.3. The first-order valence-corrected chi connectivity index (χ1v) is 6.36. The SMILES string of the molecule is CCN(CCC(=O)O)C(=O)N(CC)Cc1ccco1. The molecule has 0 bridgehead atoms. The Morgan fingerprint density at radius 1 is 1.26 bits per heavy atom. The van der Waals surface area contributed by atoms with Gasteiger partial charge in [-0.25, -0.2) is 4.79 Å². The molecule has 1 rings (SSSR count). The monoisotopic (exact) mass is 268 g/mol. The summed E-state index contributed by atoms with van der Waals surface area (Å²) in [5.41, 5.74) is 0. The van der Waals surface area contributed by atoms with Crippen molar-refractivity contribution in [2.75, 3.05) is 19.6 Å². The van der Waals surface area contributed by atoms with Crippen molar-refractivity contribution in [3.05, 3.63) is 24.2 Å². The number of urea groups is 1. The predicted molar refractivity (Wildman–Crippen MR) is 69.7 cm³/mol. The van der Waals surface area contributed by atoms with Crippen LogP contribution in [0.3, 0.4) is 0 Å². The van der Waals surface area contributed by atoms with Crippen LogP contribution in [-0.2, 0) is 11.3 Å². The van der Waals surface area contributed by atoms with Crippen LogP contribution in [0.15, 0.2) is 22.8 Å². The van der Waals surface area contributed by atoms with Gasteiger partial charge >= 0.3 is 12.0 Å². The second-order valence-corrected chi connectivity index (χ2v) is 4.10. The van der Waals surface area contributed by atoms with Crippen LogP contribution < -0.4 is 0 Å². The van der Waals surface area contributed by atoms with Crippen LogP contribution in [0.5, 0.6) is 0 Å². The average Bonchev–Trinajstić information content (AvgIpc) is 2.88. The van der Waals surface area contributed by atoms with Gasteiger partial charge in [-0.1, -0.05) is 0 Å². The number of furan rings is 1. The predicted octanol–water partition coefficient (Wildman–Crippen LogP) is 2.02. The molecule has 19 heavy (non-hydrogen) atoms.